The number of aromatic nitrogens is 2. The molecular weight excluding hydrogens is 278 g/mol. The zero-order valence-electron chi connectivity index (χ0n) is 10.6. The highest BCUT2D eigenvalue weighted by atomic mass is 79.9. The molecule has 0 spiro atoms. The predicted octanol–water partition coefficient (Wildman–Crippen LogP) is 3.06. The molecule has 0 bridgehead atoms. The van der Waals surface area contributed by atoms with Crippen LogP contribution in [0.1, 0.15) is 12.1 Å². The Labute approximate surface area is 111 Å². The number of fused-ring (bicyclic) bond motifs is 1. The van der Waals surface area contributed by atoms with E-state index in [9.17, 15) is 0 Å². The van der Waals surface area contributed by atoms with Crippen LogP contribution in [0.15, 0.2) is 22.7 Å². The minimum Gasteiger partial charge on any atom is -0.309 e. The minimum atomic E-state index is 0.971. The number of aryl methyl sites for hydroxylation is 2. The summed E-state index contributed by atoms with van der Waals surface area (Å²) in [6.45, 7) is 4.13. The van der Waals surface area contributed by atoms with E-state index in [-0.39, 0.29) is 0 Å². The number of benzene rings is 1. The van der Waals surface area contributed by atoms with Crippen molar-refractivity contribution in [1.82, 2.24) is 14.7 Å². The summed E-state index contributed by atoms with van der Waals surface area (Å²) in [5, 5.41) is 5.85. The molecule has 0 atom stereocenters. The molecule has 0 fully saturated rings. The molecule has 0 saturated heterocycles. The van der Waals surface area contributed by atoms with Crippen LogP contribution < -0.4 is 0 Å². The van der Waals surface area contributed by atoms with E-state index in [0.717, 1.165) is 29.7 Å². The zero-order chi connectivity index (χ0) is 12.4. The maximum atomic E-state index is 4.61. The highest BCUT2D eigenvalue weighted by Crippen LogP contribution is 2.22. The maximum absolute atomic E-state index is 4.61. The van der Waals surface area contributed by atoms with Crippen LogP contribution in [-0.2, 0) is 6.54 Å². The second kappa shape index (κ2) is 5.19. The fourth-order valence-corrected chi connectivity index (χ4v) is 2.37. The van der Waals surface area contributed by atoms with Crippen LogP contribution in [0.4, 0.5) is 0 Å². The van der Waals surface area contributed by atoms with Gasteiger partial charge in [-0.2, -0.15) is 5.10 Å². The average Bonchev–Trinajstić information content (AvgIpc) is 2.55. The minimum absolute atomic E-state index is 0.971. The van der Waals surface area contributed by atoms with Crippen molar-refractivity contribution in [2.45, 2.75) is 19.9 Å². The van der Waals surface area contributed by atoms with Crippen molar-refractivity contribution in [2.24, 2.45) is 0 Å². The summed E-state index contributed by atoms with van der Waals surface area (Å²) in [4.78, 5) is 2.20. The fraction of sp³-hybridized carbons (Fsp3) is 0.462. The van der Waals surface area contributed by atoms with Gasteiger partial charge in [0.05, 0.1) is 11.2 Å². The summed E-state index contributed by atoms with van der Waals surface area (Å²) in [6.07, 6.45) is 1.12. The van der Waals surface area contributed by atoms with Gasteiger partial charge < -0.3 is 4.90 Å². The third-order valence-corrected chi connectivity index (χ3v) is 3.37. The first kappa shape index (κ1) is 12.6. The van der Waals surface area contributed by atoms with Gasteiger partial charge in [0.1, 0.15) is 0 Å². The second-order valence-electron chi connectivity index (χ2n) is 4.63. The molecule has 0 N–H and O–H groups in total. The van der Waals surface area contributed by atoms with E-state index in [1.807, 2.05) is 0 Å². The highest BCUT2D eigenvalue weighted by Gasteiger charge is 2.07. The fourth-order valence-electron chi connectivity index (χ4n) is 2.02. The van der Waals surface area contributed by atoms with Crippen molar-refractivity contribution < 1.29 is 0 Å². The van der Waals surface area contributed by atoms with Crippen LogP contribution in [0, 0.1) is 6.92 Å². The van der Waals surface area contributed by atoms with Gasteiger partial charge >= 0.3 is 0 Å². The van der Waals surface area contributed by atoms with E-state index in [1.54, 1.807) is 0 Å². The smallest absolute Gasteiger partial charge is 0.0696 e. The molecular formula is C13H18BrN3. The molecule has 0 amide bonds. The molecule has 0 aliphatic heterocycles. The lowest BCUT2D eigenvalue weighted by Gasteiger charge is -2.09. The third-order valence-electron chi connectivity index (χ3n) is 2.87. The van der Waals surface area contributed by atoms with Crippen molar-refractivity contribution in [1.29, 1.82) is 0 Å². The van der Waals surface area contributed by atoms with Crippen molar-refractivity contribution in [3.63, 3.8) is 0 Å². The molecule has 1 aromatic carbocycles. The number of rotatable bonds is 4. The Balaban J connectivity index is 2.24. The molecule has 1 heterocycles. The maximum Gasteiger partial charge on any atom is 0.0696 e. The molecule has 4 heteroatoms. The van der Waals surface area contributed by atoms with Gasteiger partial charge in [0.15, 0.2) is 0 Å². The summed E-state index contributed by atoms with van der Waals surface area (Å²) < 4.78 is 3.22. The molecule has 0 radical (unpaired) electrons. The molecule has 0 aliphatic carbocycles. The van der Waals surface area contributed by atoms with Crippen LogP contribution in [-0.4, -0.2) is 35.3 Å². The lowest BCUT2D eigenvalue weighted by molar-refractivity contribution is 0.382. The summed E-state index contributed by atoms with van der Waals surface area (Å²) in [5.74, 6) is 0. The SMILES string of the molecule is Cc1nn(CCCN(C)C)c2cc(Br)ccc12. The van der Waals surface area contributed by atoms with Gasteiger partial charge in [0, 0.05) is 16.4 Å². The molecule has 0 aliphatic rings. The van der Waals surface area contributed by atoms with E-state index in [0.29, 0.717) is 0 Å². The number of nitrogens with zero attached hydrogens (tertiary/aromatic N) is 3. The van der Waals surface area contributed by atoms with Gasteiger partial charge in [0.25, 0.3) is 0 Å². The first-order chi connectivity index (χ1) is 8.08. The average molecular weight is 296 g/mol. The Bertz CT molecular complexity index is 517. The van der Waals surface area contributed by atoms with Crippen molar-refractivity contribution in [2.75, 3.05) is 20.6 Å². The molecule has 0 saturated carbocycles. The summed E-state index contributed by atoms with van der Waals surface area (Å²) in [6, 6.07) is 6.34. The first-order valence-electron chi connectivity index (χ1n) is 5.85. The summed E-state index contributed by atoms with van der Waals surface area (Å²) in [5.41, 5.74) is 2.33. The largest absolute Gasteiger partial charge is 0.309 e. The topological polar surface area (TPSA) is 21.1 Å². The number of halogens is 1. The zero-order valence-corrected chi connectivity index (χ0v) is 12.2. The highest BCUT2D eigenvalue weighted by molar-refractivity contribution is 9.10. The molecule has 2 aromatic rings. The molecule has 1 aromatic heterocycles. The van der Waals surface area contributed by atoms with E-state index in [1.165, 1.54) is 10.9 Å². The standard InChI is InChI=1S/C13H18BrN3/c1-10-12-6-5-11(14)9-13(12)17(15-10)8-4-7-16(2)3/h5-6,9H,4,7-8H2,1-3H3. The summed E-state index contributed by atoms with van der Waals surface area (Å²) in [7, 11) is 4.20. The Kier molecular flexibility index (Phi) is 3.84. The quantitative estimate of drug-likeness (QED) is 0.864. The molecule has 2 rings (SSSR count). The van der Waals surface area contributed by atoms with Crippen LogP contribution >= 0.6 is 15.9 Å². The number of hydrogen-bond donors (Lipinski definition) is 0. The van der Waals surface area contributed by atoms with Gasteiger partial charge in [-0.3, -0.25) is 4.68 Å². The Morgan fingerprint density at radius 1 is 1.35 bits per heavy atom. The monoisotopic (exact) mass is 295 g/mol. The van der Waals surface area contributed by atoms with E-state index in [2.05, 4.69) is 69.8 Å². The molecule has 0 unspecified atom stereocenters. The van der Waals surface area contributed by atoms with Gasteiger partial charge in [-0.05, 0) is 52.2 Å². The van der Waals surface area contributed by atoms with E-state index in [4.69, 9.17) is 0 Å². The van der Waals surface area contributed by atoms with Crippen molar-refractivity contribution in [3.05, 3.63) is 28.4 Å². The van der Waals surface area contributed by atoms with Crippen molar-refractivity contribution >= 4 is 26.8 Å². The van der Waals surface area contributed by atoms with Crippen LogP contribution in [0.5, 0.6) is 0 Å². The Morgan fingerprint density at radius 3 is 2.82 bits per heavy atom. The van der Waals surface area contributed by atoms with Gasteiger partial charge in [0.2, 0.25) is 0 Å². The lowest BCUT2D eigenvalue weighted by Crippen LogP contribution is -2.15. The third kappa shape index (κ3) is 2.87. The Morgan fingerprint density at radius 2 is 2.12 bits per heavy atom. The van der Waals surface area contributed by atoms with Gasteiger partial charge in [-0.15, -0.1) is 0 Å². The second-order valence-corrected chi connectivity index (χ2v) is 5.54. The molecule has 92 valence electrons. The number of hydrogen-bond acceptors (Lipinski definition) is 2. The van der Waals surface area contributed by atoms with E-state index >= 15 is 0 Å². The van der Waals surface area contributed by atoms with Gasteiger partial charge in [-0.1, -0.05) is 15.9 Å². The van der Waals surface area contributed by atoms with Crippen LogP contribution in [0.25, 0.3) is 10.9 Å². The summed E-state index contributed by atoms with van der Waals surface area (Å²) >= 11 is 3.52. The Hall–Kier alpha value is -0.870. The molecule has 3 nitrogen and oxygen atoms in total. The first-order valence-corrected chi connectivity index (χ1v) is 6.64. The normalized spacial score (nSPS) is 11.6. The van der Waals surface area contributed by atoms with Crippen molar-refractivity contribution in [3.8, 4) is 0 Å². The van der Waals surface area contributed by atoms with Crippen LogP contribution in [0.2, 0.25) is 0 Å². The lowest BCUT2D eigenvalue weighted by atomic mass is 10.2. The van der Waals surface area contributed by atoms with E-state index < -0.39 is 0 Å². The molecule has 17 heavy (non-hydrogen) atoms. The van der Waals surface area contributed by atoms with Crippen LogP contribution in [0.3, 0.4) is 0 Å². The predicted molar refractivity (Wildman–Crippen MR) is 75.3 cm³/mol. The van der Waals surface area contributed by atoms with Gasteiger partial charge in [-0.25, -0.2) is 0 Å².